The highest BCUT2D eigenvalue weighted by Crippen LogP contribution is 2.06. The summed E-state index contributed by atoms with van der Waals surface area (Å²) in [5.41, 5.74) is 8.27. The molecule has 0 aliphatic carbocycles. The van der Waals surface area contributed by atoms with Crippen LogP contribution in [0, 0.1) is 6.92 Å². The van der Waals surface area contributed by atoms with E-state index in [1.165, 1.54) is 5.56 Å². The van der Waals surface area contributed by atoms with Gasteiger partial charge in [0.15, 0.2) is 0 Å². The van der Waals surface area contributed by atoms with Gasteiger partial charge in [-0.3, -0.25) is 4.98 Å². The molecule has 0 saturated heterocycles. The lowest BCUT2D eigenvalue weighted by Gasteiger charge is -2.08. The highest BCUT2D eigenvalue weighted by molar-refractivity contribution is 5.15. The molecule has 0 amide bonds. The van der Waals surface area contributed by atoms with E-state index in [1.807, 2.05) is 13.1 Å². The van der Waals surface area contributed by atoms with Crippen LogP contribution in [0.5, 0.6) is 0 Å². The molecule has 72 valence electrons. The quantitative estimate of drug-likeness (QED) is 0.766. The Balaban J connectivity index is 2.45. The summed E-state index contributed by atoms with van der Waals surface area (Å²) in [4.78, 5) is 4.16. The number of nitrogens with two attached hydrogens (primary N) is 1. The second-order valence-corrected chi connectivity index (χ2v) is 3.51. The van der Waals surface area contributed by atoms with Gasteiger partial charge in [-0.2, -0.15) is 0 Å². The average molecular weight is 178 g/mol. The summed E-state index contributed by atoms with van der Waals surface area (Å²) in [5, 5.41) is 0. The molecule has 1 aromatic heterocycles. The number of aromatic nitrogens is 1. The van der Waals surface area contributed by atoms with Crippen molar-refractivity contribution < 1.29 is 0 Å². The lowest BCUT2D eigenvalue weighted by molar-refractivity contribution is 0.595. The number of hydrogen-bond acceptors (Lipinski definition) is 2. The van der Waals surface area contributed by atoms with Gasteiger partial charge in [-0.05, 0) is 43.9 Å². The zero-order chi connectivity index (χ0) is 9.68. The second-order valence-electron chi connectivity index (χ2n) is 3.51. The number of aryl methyl sites for hydroxylation is 2. The van der Waals surface area contributed by atoms with Gasteiger partial charge in [0, 0.05) is 17.9 Å². The van der Waals surface area contributed by atoms with Gasteiger partial charge in [-0.25, -0.2) is 0 Å². The Hall–Kier alpha value is -0.890. The predicted molar refractivity (Wildman–Crippen MR) is 55.6 cm³/mol. The maximum Gasteiger partial charge on any atom is 0.0375 e. The van der Waals surface area contributed by atoms with E-state index < -0.39 is 0 Å². The smallest absolute Gasteiger partial charge is 0.0375 e. The van der Waals surface area contributed by atoms with Gasteiger partial charge in [0.25, 0.3) is 0 Å². The van der Waals surface area contributed by atoms with E-state index >= 15 is 0 Å². The Bertz CT molecular complexity index is 258. The highest BCUT2D eigenvalue weighted by Gasteiger charge is 2.00. The van der Waals surface area contributed by atoms with Crippen LogP contribution in [0.15, 0.2) is 18.3 Å². The molecule has 0 spiro atoms. The SMILES string of the molecule is CCC(N)CCc1ccnc(C)c1. The van der Waals surface area contributed by atoms with Gasteiger partial charge in [0.05, 0.1) is 0 Å². The third kappa shape index (κ3) is 3.55. The van der Waals surface area contributed by atoms with Crippen molar-refractivity contribution in [3.63, 3.8) is 0 Å². The lowest BCUT2D eigenvalue weighted by Crippen LogP contribution is -2.19. The van der Waals surface area contributed by atoms with Crippen molar-refractivity contribution in [2.24, 2.45) is 5.73 Å². The molecule has 0 radical (unpaired) electrons. The zero-order valence-corrected chi connectivity index (χ0v) is 8.46. The first-order valence-corrected chi connectivity index (χ1v) is 4.89. The van der Waals surface area contributed by atoms with Crippen LogP contribution in [0.3, 0.4) is 0 Å². The standard InChI is InChI=1S/C11H18N2/c1-3-11(12)5-4-10-6-7-13-9(2)8-10/h6-8,11H,3-5,12H2,1-2H3. The van der Waals surface area contributed by atoms with Crippen LogP contribution in [0.2, 0.25) is 0 Å². The van der Waals surface area contributed by atoms with E-state index in [0.717, 1.165) is 25.0 Å². The van der Waals surface area contributed by atoms with Gasteiger partial charge < -0.3 is 5.73 Å². The van der Waals surface area contributed by atoms with Crippen molar-refractivity contribution in [3.8, 4) is 0 Å². The van der Waals surface area contributed by atoms with Crippen LogP contribution >= 0.6 is 0 Å². The van der Waals surface area contributed by atoms with Gasteiger partial charge in [-0.1, -0.05) is 6.92 Å². The summed E-state index contributed by atoms with van der Waals surface area (Å²) in [6.07, 6.45) is 5.06. The number of pyridine rings is 1. The molecule has 0 bridgehead atoms. The topological polar surface area (TPSA) is 38.9 Å². The van der Waals surface area contributed by atoms with E-state index in [9.17, 15) is 0 Å². The van der Waals surface area contributed by atoms with Gasteiger partial charge in [0.2, 0.25) is 0 Å². The van der Waals surface area contributed by atoms with Gasteiger partial charge in [0.1, 0.15) is 0 Å². The summed E-state index contributed by atoms with van der Waals surface area (Å²) in [7, 11) is 0. The highest BCUT2D eigenvalue weighted by atomic mass is 14.6. The lowest BCUT2D eigenvalue weighted by atomic mass is 10.0. The summed E-state index contributed by atoms with van der Waals surface area (Å²) in [6, 6.07) is 4.53. The van der Waals surface area contributed by atoms with Crippen LogP contribution in [0.25, 0.3) is 0 Å². The Morgan fingerprint density at radius 1 is 1.54 bits per heavy atom. The molecule has 2 N–H and O–H groups in total. The summed E-state index contributed by atoms with van der Waals surface area (Å²) in [5.74, 6) is 0. The van der Waals surface area contributed by atoms with E-state index in [2.05, 4.69) is 24.0 Å². The fraction of sp³-hybridized carbons (Fsp3) is 0.545. The molecule has 13 heavy (non-hydrogen) atoms. The Morgan fingerprint density at radius 3 is 2.92 bits per heavy atom. The van der Waals surface area contributed by atoms with E-state index in [1.54, 1.807) is 0 Å². The molecule has 1 aromatic rings. The normalized spacial score (nSPS) is 12.8. The van der Waals surface area contributed by atoms with E-state index in [0.29, 0.717) is 6.04 Å². The van der Waals surface area contributed by atoms with Crippen molar-refractivity contribution in [2.75, 3.05) is 0 Å². The van der Waals surface area contributed by atoms with Crippen molar-refractivity contribution in [1.82, 2.24) is 4.98 Å². The average Bonchev–Trinajstić information content (AvgIpc) is 2.14. The number of rotatable bonds is 4. The summed E-state index contributed by atoms with van der Waals surface area (Å²) >= 11 is 0. The van der Waals surface area contributed by atoms with Crippen molar-refractivity contribution in [1.29, 1.82) is 0 Å². The van der Waals surface area contributed by atoms with Crippen molar-refractivity contribution in [2.45, 2.75) is 39.2 Å². The molecule has 0 fully saturated rings. The van der Waals surface area contributed by atoms with Crippen LogP contribution in [-0.4, -0.2) is 11.0 Å². The minimum absolute atomic E-state index is 0.341. The van der Waals surface area contributed by atoms with Gasteiger partial charge >= 0.3 is 0 Å². The molecule has 1 unspecified atom stereocenters. The largest absolute Gasteiger partial charge is 0.328 e. The van der Waals surface area contributed by atoms with Crippen molar-refractivity contribution in [3.05, 3.63) is 29.6 Å². The molecule has 2 heteroatoms. The van der Waals surface area contributed by atoms with Crippen LogP contribution in [-0.2, 0) is 6.42 Å². The molecule has 1 rings (SSSR count). The Labute approximate surface area is 80.2 Å². The number of hydrogen-bond donors (Lipinski definition) is 1. The monoisotopic (exact) mass is 178 g/mol. The molecule has 2 nitrogen and oxygen atoms in total. The molecule has 0 aliphatic heterocycles. The van der Waals surface area contributed by atoms with E-state index in [4.69, 9.17) is 5.73 Å². The maximum absolute atomic E-state index is 5.84. The molecule has 0 saturated carbocycles. The second kappa shape index (κ2) is 4.97. The molecular formula is C11H18N2. The van der Waals surface area contributed by atoms with Gasteiger partial charge in [-0.15, -0.1) is 0 Å². The molecule has 1 atom stereocenters. The number of nitrogens with zero attached hydrogens (tertiary/aromatic N) is 1. The van der Waals surface area contributed by atoms with Crippen LogP contribution in [0.4, 0.5) is 0 Å². The Morgan fingerprint density at radius 2 is 2.31 bits per heavy atom. The fourth-order valence-corrected chi connectivity index (χ4v) is 1.32. The molecular weight excluding hydrogens is 160 g/mol. The molecule has 0 aromatic carbocycles. The first-order chi connectivity index (χ1) is 6.22. The minimum Gasteiger partial charge on any atom is -0.328 e. The molecule has 1 heterocycles. The maximum atomic E-state index is 5.84. The zero-order valence-electron chi connectivity index (χ0n) is 8.46. The minimum atomic E-state index is 0.341. The third-order valence-electron chi connectivity index (χ3n) is 2.29. The molecule has 0 aliphatic rings. The van der Waals surface area contributed by atoms with Crippen molar-refractivity contribution >= 4 is 0 Å². The summed E-state index contributed by atoms with van der Waals surface area (Å²) in [6.45, 7) is 4.14. The Kier molecular flexibility index (Phi) is 3.90. The first kappa shape index (κ1) is 10.2. The fourth-order valence-electron chi connectivity index (χ4n) is 1.32. The third-order valence-corrected chi connectivity index (χ3v) is 2.29. The van der Waals surface area contributed by atoms with Crippen LogP contribution < -0.4 is 5.73 Å². The first-order valence-electron chi connectivity index (χ1n) is 4.89. The van der Waals surface area contributed by atoms with Crippen LogP contribution in [0.1, 0.15) is 31.0 Å². The predicted octanol–water partition coefficient (Wildman–Crippen LogP) is 2.06. The van der Waals surface area contributed by atoms with E-state index in [-0.39, 0.29) is 0 Å². The summed E-state index contributed by atoms with van der Waals surface area (Å²) < 4.78 is 0.